The molecule has 0 unspecified atom stereocenters. The van der Waals surface area contributed by atoms with Crippen LogP contribution < -0.4 is 10.4 Å². The van der Waals surface area contributed by atoms with Crippen LogP contribution in [-0.2, 0) is 18.5 Å². The van der Waals surface area contributed by atoms with Crippen LogP contribution in [-0.4, -0.2) is 32.6 Å². The minimum atomic E-state index is -0.309. The first-order chi connectivity index (χ1) is 13.4. The topological polar surface area (TPSA) is 83.5 Å². The molecule has 0 amide bonds. The first kappa shape index (κ1) is 19.3. The molecule has 1 aromatic heterocycles. The van der Waals surface area contributed by atoms with Crippen molar-refractivity contribution in [3.63, 3.8) is 0 Å². The van der Waals surface area contributed by atoms with Crippen molar-refractivity contribution in [1.82, 2.24) is 19.8 Å². The Morgan fingerprint density at radius 2 is 1.93 bits per heavy atom. The molecule has 3 aromatic rings. The van der Waals surface area contributed by atoms with Gasteiger partial charge in [-0.25, -0.2) is 4.79 Å². The van der Waals surface area contributed by atoms with Crippen LogP contribution in [0, 0.1) is 13.8 Å². The van der Waals surface area contributed by atoms with Gasteiger partial charge in [-0.3, -0.25) is 0 Å². The smallest absolute Gasteiger partial charge is 0.368 e. The van der Waals surface area contributed by atoms with Crippen molar-refractivity contribution in [3.8, 4) is 11.4 Å². The van der Waals surface area contributed by atoms with Gasteiger partial charge < -0.3 is 9.57 Å². The van der Waals surface area contributed by atoms with E-state index in [1.807, 2.05) is 57.2 Å². The molecule has 0 radical (unpaired) electrons. The zero-order valence-electron chi connectivity index (χ0n) is 16.6. The van der Waals surface area contributed by atoms with Crippen LogP contribution in [0.1, 0.15) is 29.2 Å². The lowest BCUT2D eigenvalue weighted by Gasteiger charge is -2.15. The largest absolute Gasteiger partial charge is 0.489 e. The van der Waals surface area contributed by atoms with Gasteiger partial charge in [0.15, 0.2) is 0 Å². The zero-order chi connectivity index (χ0) is 20.3. The second-order valence-corrected chi connectivity index (χ2v) is 6.50. The van der Waals surface area contributed by atoms with Crippen LogP contribution >= 0.6 is 0 Å². The molecule has 0 saturated carbocycles. The number of tetrazole rings is 1. The maximum absolute atomic E-state index is 12.3. The molecule has 0 aliphatic carbocycles. The summed E-state index contributed by atoms with van der Waals surface area (Å²) in [6.45, 7) is 6.11. The second-order valence-electron chi connectivity index (χ2n) is 6.50. The summed E-state index contributed by atoms with van der Waals surface area (Å²) in [7, 11) is 3.08. The van der Waals surface area contributed by atoms with E-state index in [0.717, 1.165) is 33.7 Å². The molecule has 3 rings (SSSR count). The van der Waals surface area contributed by atoms with Crippen molar-refractivity contribution in [2.45, 2.75) is 27.4 Å². The summed E-state index contributed by atoms with van der Waals surface area (Å²) in [6.07, 6.45) is 0. The number of rotatable bonds is 6. The van der Waals surface area contributed by atoms with Gasteiger partial charge in [-0.2, -0.15) is 9.36 Å². The first-order valence-corrected chi connectivity index (χ1v) is 8.81. The predicted molar refractivity (Wildman–Crippen MR) is 106 cm³/mol. The van der Waals surface area contributed by atoms with Crippen molar-refractivity contribution < 1.29 is 9.57 Å². The fourth-order valence-corrected chi connectivity index (χ4v) is 2.86. The predicted octanol–water partition coefficient (Wildman–Crippen LogP) is 2.53. The van der Waals surface area contributed by atoms with E-state index in [-0.39, 0.29) is 12.3 Å². The molecule has 0 aliphatic heterocycles. The Labute approximate surface area is 163 Å². The third-order valence-corrected chi connectivity index (χ3v) is 4.54. The zero-order valence-corrected chi connectivity index (χ0v) is 16.6. The monoisotopic (exact) mass is 381 g/mol. The fourth-order valence-electron chi connectivity index (χ4n) is 2.86. The third-order valence-electron chi connectivity index (χ3n) is 4.54. The van der Waals surface area contributed by atoms with Crippen molar-refractivity contribution in [1.29, 1.82) is 0 Å². The molecule has 0 fully saturated rings. The van der Waals surface area contributed by atoms with E-state index in [9.17, 15) is 4.79 Å². The summed E-state index contributed by atoms with van der Waals surface area (Å²) in [4.78, 5) is 17.1. The summed E-state index contributed by atoms with van der Waals surface area (Å²) in [6, 6.07) is 11.6. The molecule has 0 aliphatic rings. The van der Waals surface area contributed by atoms with Crippen molar-refractivity contribution in [2.75, 3.05) is 7.11 Å². The normalized spacial score (nSPS) is 11.5. The molecule has 1 heterocycles. The van der Waals surface area contributed by atoms with Crippen molar-refractivity contribution in [2.24, 2.45) is 12.2 Å². The van der Waals surface area contributed by atoms with E-state index in [1.165, 1.54) is 16.5 Å². The van der Waals surface area contributed by atoms with Gasteiger partial charge >= 0.3 is 5.69 Å². The molecule has 0 spiro atoms. The maximum atomic E-state index is 12.3. The van der Waals surface area contributed by atoms with E-state index >= 15 is 0 Å². The molecular formula is C20H23N5O3. The quantitative estimate of drug-likeness (QED) is 0.484. The lowest BCUT2D eigenvalue weighted by Crippen LogP contribution is -2.23. The van der Waals surface area contributed by atoms with Gasteiger partial charge in [-0.15, -0.1) is 0 Å². The SMILES string of the molecule is CO/N=C(\C)c1ccc(C)c(OCc2c(C)cccc2-n2nnn(C)c2=O)c1. The average molecular weight is 381 g/mol. The van der Waals surface area contributed by atoms with Gasteiger partial charge in [0.05, 0.1) is 11.4 Å². The van der Waals surface area contributed by atoms with E-state index in [1.54, 1.807) is 7.05 Å². The Morgan fingerprint density at radius 3 is 2.61 bits per heavy atom. The molecule has 0 bridgehead atoms. The summed E-state index contributed by atoms with van der Waals surface area (Å²) in [5.41, 5.74) is 4.90. The molecule has 146 valence electrons. The van der Waals surface area contributed by atoms with E-state index in [4.69, 9.17) is 9.57 Å². The van der Waals surface area contributed by atoms with Crippen molar-refractivity contribution in [3.05, 3.63) is 69.1 Å². The number of aromatic nitrogens is 4. The number of ether oxygens (including phenoxy) is 1. The van der Waals surface area contributed by atoms with Gasteiger partial charge in [0.25, 0.3) is 0 Å². The summed E-state index contributed by atoms with van der Waals surface area (Å²) >= 11 is 0. The number of aryl methyl sites for hydroxylation is 3. The molecule has 0 N–H and O–H groups in total. The van der Waals surface area contributed by atoms with Gasteiger partial charge in [0.1, 0.15) is 19.5 Å². The van der Waals surface area contributed by atoms with Crippen LogP contribution in [0.15, 0.2) is 46.3 Å². The van der Waals surface area contributed by atoms with E-state index in [0.29, 0.717) is 5.69 Å². The number of nitrogens with zero attached hydrogens (tertiary/aromatic N) is 5. The Balaban J connectivity index is 1.94. The molecular weight excluding hydrogens is 358 g/mol. The maximum Gasteiger partial charge on any atom is 0.368 e. The summed E-state index contributed by atoms with van der Waals surface area (Å²) in [5.74, 6) is 0.740. The van der Waals surface area contributed by atoms with Gasteiger partial charge in [-0.05, 0) is 54.5 Å². The van der Waals surface area contributed by atoms with Gasteiger partial charge in [0.2, 0.25) is 0 Å². The highest BCUT2D eigenvalue weighted by Crippen LogP contribution is 2.24. The minimum Gasteiger partial charge on any atom is -0.489 e. The third kappa shape index (κ3) is 3.80. The molecule has 2 aromatic carbocycles. The van der Waals surface area contributed by atoms with Crippen LogP contribution in [0.4, 0.5) is 0 Å². The highest BCUT2D eigenvalue weighted by atomic mass is 16.6. The molecule has 8 heteroatoms. The summed E-state index contributed by atoms with van der Waals surface area (Å²) in [5, 5.41) is 11.7. The lowest BCUT2D eigenvalue weighted by atomic mass is 10.1. The number of benzene rings is 2. The van der Waals surface area contributed by atoms with E-state index < -0.39 is 0 Å². The van der Waals surface area contributed by atoms with Crippen LogP contribution in [0.2, 0.25) is 0 Å². The Bertz CT molecular complexity index is 1080. The average Bonchev–Trinajstić information content (AvgIpc) is 3.00. The standard InChI is InChI=1S/C20H23N5O3/c1-13-7-6-8-18(25-20(26)24(4)22-23-25)17(13)12-28-19-11-16(10-9-14(19)2)15(3)21-27-5/h6-11H,12H2,1-5H3/b21-15+. The van der Waals surface area contributed by atoms with Gasteiger partial charge in [0, 0.05) is 18.2 Å². The Morgan fingerprint density at radius 1 is 1.14 bits per heavy atom. The van der Waals surface area contributed by atoms with Gasteiger partial charge in [-0.1, -0.05) is 29.4 Å². The lowest BCUT2D eigenvalue weighted by molar-refractivity contribution is 0.213. The van der Waals surface area contributed by atoms with Crippen molar-refractivity contribution >= 4 is 5.71 Å². The Kier molecular flexibility index (Phi) is 5.58. The fraction of sp³-hybridized carbons (Fsp3) is 0.300. The Hall–Kier alpha value is -3.42. The van der Waals surface area contributed by atoms with Crippen LogP contribution in [0.25, 0.3) is 5.69 Å². The number of hydrogen-bond donors (Lipinski definition) is 0. The second kappa shape index (κ2) is 8.08. The molecule has 28 heavy (non-hydrogen) atoms. The molecule has 0 atom stereocenters. The number of oxime groups is 1. The first-order valence-electron chi connectivity index (χ1n) is 8.81. The minimum absolute atomic E-state index is 0.287. The number of hydrogen-bond acceptors (Lipinski definition) is 6. The van der Waals surface area contributed by atoms with E-state index in [2.05, 4.69) is 15.6 Å². The van der Waals surface area contributed by atoms with Crippen LogP contribution in [0.3, 0.4) is 0 Å². The van der Waals surface area contributed by atoms with Crippen LogP contribution in [0.5, 0.6) is 5.75 Å². The molecule has 0 saturated heterocycles. The highest BCUT2D eigenvalue weighted by molar-refractivity contribution is 5.98. The molecule has 8 nitrogen and oxygen atoms in total. The highest BCUT2D eigenvalue weighted by Gasteiger charge is 2.14. The summed E-state index contributed by atoms with van der Waals surface area (Å²) < 4.78 is 8.59.